The Morgan fingerprint density at radius 3 is 2.55 bits per heavy atom. The predicted molar refractivity (Wildman–Crippen MR) is 86.4 cm³/mol. The SMILES string of the molecule is CCNc1cc(C)ccc1C(=O)N(CC)CC(C)CC. The molecule has 0 aliphatic heterocycles. The highest BCUT2D eigenvalue weighted by Crippen LogP contribution is 2.20. The maximum absolute atomic E-state index is 12.7. The summed E-state index contributed by atoms with van der Waals surface area (Å²) in [4.78, 5) is 14.7. The standard InChI is InChI=1S/C17H28N2O/c1-6-13(4)12-19(8-3)17(20)15-10-9-14(5)11-16(15)18-7-2/h9-11,13,18H,6-8,12H2,1-5H3. The van der Waals surface area contributed by atoms with Crippen molar-refractivity contribution in [2.24, 2.45) is 5.92 Å². The summed E-state index contributed by atoms with van der Waals surface area (Å²) in [5, 5.41) is 3.30. The second-order valence-electron chi connectivity index (χ2n) is 5.44. The average molecular weight is 276 g/mol. The molecule has 112 valence electrons. The number of benzene rings is 1. The van der Waals surface area contributed by atoms with Crippen molar-refractivity contribution in [3.05, 3.63) is 29.3 Å². The largest absolute Gasteiger partial charge is 0.385 e. The van der Waals surface area contributed by atoms with Gasteiger partial charge in [0.2, 0.25) is 0 Å². The van der Waals surface area contributed by atoms with Crippen molar-refractivity contribution in [1.29, 1.82) is 0 Å². The van der Waals surface area contributed by atoms with E-state index in [-0.39, 0.29) is 5.91 Å². The van der Waals surface area contributed by atoms with Crippen molar-refractivity contribution >= 4 is 11.6 Å². The summed E-state index contributed by atoms with van der Waals surface area (Å²) in [5.74, 6) is 0.663. The van der Waals surface area contributed by atoms with Crippen LogP contribution in [0.4, 0.5) is 5.69 Å². The highest BCUT2D eigenvalue weighted by molar-refractivity contribution is 5.99. The molecule has 0 saturated heterocycles. The Morgan fingerprint density at radius 1 is 1.30 bits per heavy atom. The highest BCUT2D eigenvalue weighted by Gasteiger charge is 2.19. The molecule has 1 atom stereocenters. The number of carbonyl (C=O) groups excluding carboxylic acids is 1. The van der Waals surface area contributed by atoms with Crippen molar-refractivity contribution in [2.45, 2.75) is 41.0 Å². The number of aryl methyl sites for hydroxylation is 1. The van der Waals surface area contributed by atoms with Gasteiger partial charge in [0.05, 0.1) is 5.56 Å². The van der Waals surface area contributed by atoms with E-state index in [0.717, 1.165) is 37.3 Å². The Bertz CT molecular complexity index is 443. The highest BCUT2D eigenvalue weighted by atomic mass is 16.2. The number of carbonyl (C=O) groups is 1. The normalized spacial score (nSPS) is 12.1. The van der Waals surface area contributed by atoms with Crippen molar-refractivity contribution in [3.8, 4) is 0 Å². The summed E-state index contributed by atoms with van der Waals surface area (Å²) in [5.41, 5.74) is 2.89. The van der Waals surface area contributed by atoms with Crippen molar-refractivity contribution < 1.29 is 4.79 Å². The molecule has 1 amide bonds. The van der Waals surface area contributed by atoms with E-state index in [1.807, 2.05) is 43.9 Å². The van der Waals surface area contributed by atoms with Gasteiger partial charge in [-0.25, -0.2) is 0 Å². The molecule has 0 saturated carbocycles. The van der Waals surface area contributed by atoms with E-state index >= 15 is 0 Å². The zero-order valence-electron chi connectivity index (χ0n) is 13.5. The number of amides is 1. The summed E-state index contributed by atoms with van der Waals surface area (Å²) < 4.78 is 0. The van der Waals surface area contributed by atoms with Crippen LogP contribution >= 0.6 is 0 Å². The van der Waals surface area contributed by atoms with E-state index in [9.17, 15) is 4.79 Å². The molecule has 1 rings (SSSR count). The number of nitrogens with zero attached hydrogens (tertiary/aromatic N) is 1. The zero-order chi connectivity index (χ0) is 15.1. The molecule has 3 nitrogen and oxygen atoms in total. The first-order chi connectivity index (χ1) is 9.53. The fraction of sp³-hybridized carbons (Fsp3) is 0.588. The molecule has 1 aromatic carbocycles. The minimum absolute atomic E-state index is 0.128. The molecule has 0 aliphatic carbocycles. The molecule has 1 unspecified atom stereocenters. The van der Waals surface area contributed by atoms with Crippen LogP contribution in [0.3, 0.4) is 0 Å². The van der Waals surface area contributed by atoms with Crippen LogP contribution in [0.5, 0.6) is 0 Å². The van der Waals surface area contributed by atoms with E-state index in [1.165, 1.54) is 5.56 Å². The molecule has 1 N–H and O–H groups in total. The topological polar surface area (TPSA) is 32.3 Å². The predicted octanol–water partition coefficient (Wildman–Crippen LogP) is 3.94. The molecule has 0 fully saturated rings. The zero-order valence-corrected chi connectivity index (χ0v) is 13.5. The Hall–Kier alpha value is -1.51. The first-order valence-electron chi connectivity index (χ1n) is 7.67. The monoisotopic (exact) mass is 276 g/mol. The lowest BCUT2D eigenvalue weighted by Gasteiger charge is -2.25. The van der Waals surface area contributed by atoms with E-state index in [1.54, 1.807) is 0 Å². The molecular weight excluding hydrogens is 248 g/mol. The third-order valence-electron chi connectivity index (χ3n) is 3.67. The van der Waals surface area contributed by atoms with E-state index < -0.39 is 0 Å². The van der Waals surface area contributed by atoms with Gasteiger partial charge in [-0.2, -0.15) is 0 Å². The van der Waals surface area contributed by atoms with Gasteiger partial charge in [0.25, 0.3) is 5.91 Å². The van der Waals surface area contributed by atoms with Gasteiger partial charge in [-0.05, 0) is 44.4 Å². The van der Waals surface area contributed by atoms with Gasteiger partial charge in [-0.1, -0.05) is 26.3 Å². The molecule has 1 aromatic rings. The van der Waals surface area contributed by atoms with Crippen LogP contribution in [-0.4, -0.2) is 30.4 Å². The van der Waals surface area contributed by atoms with Gasteiger partial charge >= 0.3 is 0 Å². The molecule has 0 heterocycles. The van der Waals surface area contributed by atoms with Crippen LogP contribution in [0, 0.1) is 12.8 Å². The smallest absolute Gasteiger partial charge is 0.255 e. The average Bonchev–Trinajstić information content (AvgIpc) is 2.44. The third-order valence-corrected chi connectivity index (χ3v) is 3.67. The van der Waals surface area contributed by atoms with Crippen LogP contribution in [0.1, 0.15) is 50.0 Å². The second-order valence-corrected chi connectivity index (χ2v) is 5.44. The van der Waals surface area contributed by atoms with Crippen LogP contribution in [-0.2, 0) is 0 Å². The van der Waals surface area contributed by atoms with Gasteiger partial charge in [0, 0.05) is 25.3 Å². The number of nitrogens with one attached hydrogen (secondary N) is 1. The fourth-order valence-corrected chi connectivity index (χ4v) is 2.21. The Labute approximate surface area is 123 Å². The molecule has 0 radical (unpaired) electrons. The molecule has 0 bridgehead atoms. The van der Waals surface area contributed by atoms with Crippen LogP contribution in [0.25, 0.3) is 0 Å². The number of hydrogen-bond acceptors (Lipinski definition) is 2. The molecule has 20 heavy (non-hydrogen) atoms. The minimum Gasteiger partial charge on any atom is -0.385 e. The quantitative estimate of drug-likeness (QED) is 0.818. The van der Waals surface area contributed by atoms with Gasteiger partial charge in [0.1, 0.15) is 0 Å². The van der Waals surface area contributed by atoms with Crippen molar-refractivity contribution in [2.75, 3.05) is 25.0 Å². The Balaban J connectivity index is 2.99. The first kappa shape index (κ1) is 16.5. The van der Waals surface area contributed by atoms with Gasteiger partial charge in [0.15, 0.2) is 0 Å². The van der Waals surface area contributed by atoms with E-state index in [2.05, 4.69) is 19.2 Å². The summed E-state index contributed by atoms with van der Waals surface area (Å²) in [6.07, 6.45) is 1.09. The summed E-state index contributed by atoms with van der Waals surface area (Å²) in [6.45, 7) is 12.9. The Kier molecular flexibility index (Phi) is 6.56. The van der Waals surface area contributed by atoms with Crippen LogP contribution in [0.2, 0.25) is 0 Å². The molecular formula is C17H28N2O. The lowest BCUT2D eigenvalue weighted by Crippen LogP contribution is -2.35. The molecule has 0 spiro atoms. The molecule has 0 aromatic heterocycles. The van der Waals surface area contributed by atoms with Crippen molar-refractivity contribution in [1.82, 2.24) is 4.90 Å². The Morgan fingerprint density at radius 2 is 2.00 bits per heavy atom. The van der Waals surface area contributed by atoms with Crippen LogP contribution < -0.4 is 5.32 Å². The van der Waals surface area contributed by atoms with Gasteiger partial charge in [-0.3, -0.25) is 4.79 Å². The number of rotatable bonds is 7. The summed E-state index contributed by atoms with van der Waals surface area (Å²) >= 11 is 0. The van der Waals surface area contributed by atoms with Gasteiger partial charge < -0.3 is 10.2 Å². The second kappa shape index (κ2) is 7.93. The van der Waals surface area contributed by atoms with Crippen LogP contribution in [0.15, 0.2) is 18.2 Å². The molecule has 0 aliphatic rings. The molecule has 3 heteroatoms. The lowest BCUT2D eigenvalue weighted by molar-refractivity contribution is 0.0742. The first-order valence-corrected chi connectivity index (χ1v) is 7.67. The number of hydrogen-bond donors (Lipinski definition) is 1. The maximum Gasteiger partial charge on any atom is 0.255 e. The maximum atomic E-state index is 12.7. The lowest BCUT2D eigenvalue weighted by atomic mass is 10.1. The van der Waals surface area contributed by atoms with E-state index in [4.69, 9.17) is 0 Å². The van der Waals surface area contributed by atoms with Crippen molar-refractivity contribution in [3.63, 3.8) is 0 Å². The van der Waals surface area contributed by atoms with E-state index in [0.29, 0.717) is 5.92 Å². The summed E-state index contributed by atoms with van der Waals surface area (Å²) in [6, 6.07) is 5.99. The summed E-state index contributed by atoms with van der Waals surface area (Å²) in [7, 11) is 0. The fourth-order valence-electron chi connectivity index (χ4n) is 2.21. The minimum atomic E-state index is 0.128. The van der Waals surface area contributed by atoms with Gasteiger partial charge in [-0.15, -0.1) is 0 Å². The third kappa shape index (κ3) is 4.26. The number of anilines is 1.